The van der Waals surface area contributed by atoms with Crippen molar-refractivity contribution in [1.29, 1.82) is 0 Å². The van der Waals surface area contributed by atoms with E-state index in [9.17, 15) is 4.79 Å². The minimum atomic E-state index is -0.500. The molecule has 4 heterocycles. The molecular formula is C24H26N6O4. The maximum absolute atomic E-state index is 12.6. The van der Waals surface area contributed by atoms with Gasteiger partial charge in [0.2, 0.25) is 5.88 Å². The Labute approximate surface area is 196 Å². The molecule has 0 bridgehead atoms. The van der Waals surface area contributed by atoms with Gasteiger partial charge in [0.05, 0.1) is 31.1 Å². The maximum atomic E-state index is 12.6. The molecule has 0 saturated carbocycles. The standard InChI is InChI=1S/C23H24N6O2.CH2O2/c1-16-15-28(10-7-19(16)24-2)12-9-25-22(30)17-6-11-29-20(14-27-21(29)13-17)18-5-4-8-26-23(18)31-3;2-1-3/h4-8,10-11,13-15H,9,12H2,1-3H3,(H,25,30);1H,(H,2,3). The average Bonchev–Trinajstić information content (AvgIpc) is 3.27. The summed E-state index contributed by atoms with van der Waals surface area (Å²) in [6.07, 6.45) is 9.33. The van der Waals surface area contributed by atoms with Gasteiger partial charge in [-0.05, 0) is 31.2 Å². The highest BCUT2D eigenvalue weighted by Crippen LogP contribution is 2.28. The lowest BCUT2D eigenvalue weighted by Gasteiger charge is -2.08. The summed E-state index contributed by atoms with van der Waals surface area (Å²) in [5, 5.41) is 14.4. The van der Waals surface area contributed by atoms with Crippen molar-refractivity contribution in [3.63, 3.8) is 0 Å². The zero-order valence-electron chi connectivity index (χ0n) is 19.2. The average molecular weight is 463 g/mol. The topological polar surface area (TPSA) is 125 Å². The fraction of sp³-hybridized carbons (Fsp3) is 0.208. The number of amides is 1. The van der Waals surface area contributed by atoms with Gasteiger partial charge < -0.3 is 25.3 Å². The van der Waals surface area contributed by atoms with Gasteiger partial charge in [0.1, 0.15) is 5.65 Å². The van der Waals surface area contributed by atoms with Gasteiger partial charge in [-0.1, -0.05) is 0 Å². The number of hydrogen-bond donors (Lipinski definition) is 2. The minimum absolute atomic E-state index is 0.129. The van der Waals surface area contributed by atoms with Gasteiger partial charge in [-0.3, -0.25) is 9.20 Å². The molecule has 4 aromatic rings. The second kappa shape index (κ2) is 11.4. The molecule has 0 aliphatic carbocycles. The van der Waals surface area contributed by atoms with Crippen molar-refractivity contribution in [2.45, 2.75) is 13.5 Å². The first-order valence-corrected chi connectivity index (χ1v) is 10.5. The Balaban J connectivity index is 0.00000103. The smallest absolute Gasteiger partial charge is 0.251 e. The molecule has 4 rings (SSSR count). The number of carbonyl (C=O) groups is 2. The first-order valence-electron chi connectivity index (χ1n) is 10.5. The number of anilines is 1. The van der Waals surface area contributed by atoms with Gasteiger partial charge in [0.25, 0.3) is 5.91 Å². The van der Waals surface area contributed by atoms with Gasteiger partial charge in [0.15, 0.2) is 18.9 Å². The molecule has 0 saturated heterocycles. The highest BCUT2D eigenvalue weighted by Gasteiger charge is 2.14. The van der Waals surface area contributed by atoms with Crippen LogP contribution in [0.25, 0.3) is 16.9 Å². The summed E-state index contributed by atoms with van der Waals surface area (Å²) < 4.78 is 9.33. The molecular weight excluding hydrogens is 436 g/mol. The van der Waals surface area contributed by atoms with Gasteiger partial charge in [-0.25, -0.2) is 14.5 Å². The number of nitrogens with zero attached hydrogens (tertiary/aromatic N) is 4. The predicted octanol–water partition coefficient (Wildman–Crippen LogP) is 0.839. The van der Waals surface area contributed by atoms with Gasteiger partial charge >= 0.3 is 0 Å². The van der Waals surface area contributed by atoms with Crippen LogP contribution in [0.1, 0.15) is 15.9 Å². The zero-order chi connectivity index (χ0) is 24.5. The van der Waals surface area contributed by atoms with Crippen molar-refractivity contribution in [3.05, 3.63) is 72.4 Å². The van der Waals surface area contributed by atoms with Crippen molar-refractivity contribution >= 4 is 23.7 Å². The number of imidazole rings is 1. The first kappa shape index (κ1) is 24.2. The Morgan fingerprint density at radius 3 is 2.79 bits per heavy atom. The van der Waals surface area contributed by atoms with Crippen LogP contribution in [0.4, 0.5) is 5.69 Å². The van der Waals surface area contributed by atoms with Crippen molar-refractivity contribution < 1.29 is 24.0 Å². The maximum Gasteiger partial charge on any atom is 0.251 e. The predicted molar refractivity (Wildman–Crippen MR) is 124 cm³/mol. The third-order valence-electron chi connectivity index (χ3n) is 5.16. The molecule has 0 aromatic carbocycles. The van der Waals surface area contributed by atoms with E-state index in [0.29, 0.717) is 30.2 Å². The van der Waals surface area contributed by atoms with Crippen molar-refractivity contribution in [3.8, 4) is 17.1 Å². The normalized spacial score (nSPS) is 10.2. The number of pyridine rings is 3. The quantitative estimate of drug-likeness (QED) is 0.308. The highest BCUT2D eigenvalue weighted by molar-refractivity contribution is 5.95. The molecule has 2 N–H and O–H groups in total. The van der Waals surface area contributed by atoms with Gasteiger partial charge in [0, 0.05) is 48.8 Å². The van der Waals surface area contributed by atoms with E-state index in [0.717, 1.165) is 22.5 Å². The van der Waals surface area contributed by atoms with Crippen molar-refractivity contribution in [2.75, 3.05) is 26.0 Å². The van der Waals surface area contributed by atoms with E-state index in [2.05, 4.69) is 38.3 Å². The Bertz CT molecular complexity index is 1290. The van der Waals surface area contributed by atoms with E-state index in [-0.39, 0.29) is 5.91 Å². The van der Waals surface area contributed by atoms with Crippen LogP contribution in [0, 0.1) is 6.92 Å². The zero-order valence-corrected chi connectivity index (χ0v) is 19.2. The highest BCUT2D eigenvalue weighted by atomic mass is 16.5. The van der Waals surface area contributed by atoms with Crippen LogP contribution in [0.15, 0.2) is 61.3 Å². The molecule has 0 aliphatic heterocycles. The molecule has 0 aliphatic rings. The fourth-order valence-corrected chi connectivity index (χ4v) is 3.55. The molecule has 0 atom stereocenters. The summed E-state index contributed by atoms with van der Waals surface area (Å²) in [6, 6.07) is 9.37. The van der Waals surface area contributed by atoms with Crippen LogP contribution in [-0.4, -0.2) is 47.5 Å². The lowest BCUT2D eigenvalue weighted by atomic mass is 10.2. The van der Waals surface area contributed by atoms with E-state index in [1.807, 2.05) is 42.0 Å². The van der Waals surface area contributed by atoms with Crippen LogP contribution < -0.4 is 25.0 Å². The molecule has 10 heteroatoms. The first-order chi connectivity index (χ1) is 16.5. The van der Waals surface area contributed by atoms with E-state index >= 15 is 0 Å². The number of carboxylic acid groups (broad SMARTS) is 1. The molecule has 1 amide bonds. The van der Waals surface area contributed by atoms with Crippen molar-refractivity contribution in [1.82, 2.24) is 19.7 Å². The Hall–Kier alpha value is -4.47. The molecule has 176 valence electrons. The molecule has 0 radical (unpaired) electrons. The summed E-state index contributed by atoms with van der Waals surface area (Å²) >= 11 is 0. The number of fused-ring (bicyclic) bond motifs is 1. The van der Waals surface area contributed by atoms with Gasteiger partial charge in [-0.2, -0.15) is 0 Å². The lowest BCUT2D eigenvalue weighted by Crippen LogP contribution is -2.40. The number of methoxy groups -OCH3 is 1. The molecule has 34 heavy (non-hydrogen) atoms. The number of ether oxygens (including phenoxy) is 1. The lowest BCUT2D eigenvalue weighted by molar-refractivity contribution is -0.695. The van der Waals surface area contributed by atoms with Crippen LogP contribution >= 0.6 is 0 Å². The molecule has 0 unspecified atom stereocenters. The minimum Gasteiger partial charge on any atom is -0.554 e. The van der Waals surface area contributed by atoms with E-state index in [1.165, 1.54) is 0 Å². The van der Waals surface area contributed by atoms with Crippen LogP contribution in [-0.2, 0) is 11.3 Å². The summed E-state index contributed by atoms with van der Waals surface area (Å²) in [6.45, 7) is 2.77. The fourth-order valence-electron chi connectivity index (χ4n) is 3.55. The monoisotopic (exact) mass is 462 g/mol. The van der Waals surface area contributed by atoms with E-state index in [4.69, 9.17) is 14.6 Å². The second-order valence-corrected chi connectivity index (χ2v) is 7.23. The van der Waals surface area contributed by atoms with Crippen molar-refractivity contribution in [2.24, 2.45) is 0 Å². The van der Waals surface area contributed by atoms with Crippen LogP contribution in [0.2, 0.25) is 0 Å². The largest absolute Gasteiger partial charge is 0.554 e. The number of hydrogen-bond acceptors (Lipinski definition) is 7. The summed E-state index contributed by atoms with van der Waals surface area (Å²) in [5.41, 5.74) is 5.18. The van der Waals surface area contributed by atoms with Crippen LogP contribution in [0.5, 0.6) is 5.88 Å². The van der Waals surface area contributed by atoms with E-state index < -0.39 is 6.47 Å². The third kappa shape index (κ3) is 5.47. The summed E-state index contributed by atoms with van der Waals surface area (Å²) in [5.74, 6) is 0.400. The number of rotatable bonds is 7. The molecule has 0 spiro atoms. The second-order valence-electron chi connectivity index (χ2n) is 7.23. The molecule has 0 fully saturated rings. The summed E-state index contributed by atoms with van der Waals surface area (Å²) in [4.78, 5) is 29.6. The Morgan fingerprint density at radius 2 is 2.09 bits per heavy atom. The number of aromatic nitrogens is 4. The summed E-state index contributed by atoms with van der Waals surface area (Å²) in [7, 11) is 3.49. The van der Waals surface area contributed by atoms with E-state index in [1.54, 1.807) is 31.6 Å². The number of carbonyl (C=O) groups excluding carboxylic acids is 2. The molecule has 4 aromatic heterocycles. The number of nitrogens with one attached hydrogen (secondary N) is 2. The number of aryl methyl sites for hydroxylation is 1. The molecule has 10 nitrogen and oxygen atoms in total. The SMILES string of the molecule is CNc1cc[n+](CCNC(=O)c2ccn3c(-c4cccnc4OC)cnc3c2)cc1C.O=C[O-]. The third-order valence-corrected chi connectivity index (χ3v) is 5.16. The van der Waals surface area contributed by atoms with Crippen LogP contribution in [0.3, 0.4) is 0 Å². The Morgan fingerprint density at radius 1 is 1.29 bits per heavy atom. The Kier molecular flexibility index (Phi) is 8.11. The van der Waals surface area contributed by atoms with Gasteiger partial charge in [-0.15, -0.1) is 0 Å².